The summed E-state index contributed by atoms with van der Waals surface area (Å²) in [5.74, 6) is 15.9. The summed E-state index contributed by atoms with van der Waals surface area (Å²) in [6.45, 7) is 6.80. The third kappa shape index (κ3) is 8.76. The molecule has 2 aliphatic rings. The number of rotatable bonds is 5. The molecule has 0 spiro atoms. The minimum atomic E-state index is 0.749. The van der Waals surface area contributed by atoms with E-state index in [0.29, 0.717) is 0 Å². The second-order valence-electron chi connectivity index (χ2n) is 14.0. The summed E-state index contributed by atoms with van der Waals surface area (Å²) < 4.78 is 0. The van der Waals surface area contributed by atoms with E-state index in [1.807, 2.05) is 0 Å². The van der Waals surface area contributed by atoms with Gasteiger partial charge in [0.15, 0.2) is 0 Å². The van der Waals surface area contributed by atoms with Gasteiger partial charge in [0.05, 0.1) is 0 Å². The maximum Gasteiger partial charge on any atom is 0.0255 e. The van der Waals surface area contributed by atoms with Gasteiger partial charge in [-0.2, -0.15) is 0 Å². The highest BCUT2D eigenvalue weighted by Gasteiger charge is 2.17. The number of fused-ring (bicyclic) bond motifs is 2. The molecule has 1 unspecified atom stereocenters. The first kappa shape index (κ1) is 32.7. The van der Waals surface area contributed by atoms with Crippen LogP contribution in [0.5, 0.6) is 0 Å². The molecule has 7 rings (SSSR count). The molecule has 2 saturated carbocycles. The lowest BCUT2D eigenvalue weighted by Gasteiger charge is -2.08. The van der Waals surface area contributed by atoms with E-state index in [4.69, 9.17) is 0 Å². The van der Waals surface area contributed by atoms with Gasteiger partial charge in [-0.05, 0) is 137 Å². The maximum atomic E-state index is 3.38. The van der Waals surface area contributed by atoms with E-state index in [1.54, 1.807) is 0 Å². The van der Waals surface area contributed by atoms with Gasteiger partial charge in [-0.15, -0.1) is 0 Å². The molecule has 0 heteroatoms. The molecule has 0 amide bonds. The molecule has 0 radical (unpaired) electrons. The van der Waals surface area contributed by atoms with Crippen molar-refractivity contribution in [3.05, 3.63) is 130 Å². The monoisotopic (exact) mass is 614 g/mol. The molecular weight excluding hydrogens is 565 g/mol. The van der Waals surface area contributed by atoms with Crippen molar-refractivity contribution in [1.29, 1.82) is 0 Å². The van der Waals surface area contributed by atoms with E-state index in [-0.39, 0.29) is 0 Å². The van der Waals surface area contributed by atoms with Crippen LogP contribution in [0.4, 0.5) is 0 Å². The Labute approximate surface area is 284 Å². The molecule has 0 nitrogen and oxygen atoms in total. The standard InChI is InChI=1S/C40H34.C7H16/c1-2-6-33(5-1)35-19-13-29(14-20-35)9-11-31-17-23-37-28-40-26-32(18-24-38(40)27-39(37)25-31)12-10-30-15-21-36(22-16-30)34-7-3-4-8-34;1-4-6-7(3)5-2/h13-28,33-34H,1-8H2;7H,4-6H2,1-3H3. The Morgan fingerprint density at radius 2 is 0.872 bits per heavy atom. The van der Waals surface area contributed by atoms with E-state index >= 15 is 0 Å². The molecule has 0 aliphatic heterocycles. The molecule has 0 aromatic heterocycles. The third-order valence-electron chi connectivity index (χ3n) is 10.5. The van der Waals surface area contributed by atoms with Crippen molar-refractivity contribution in [3.63, 3.8) is 0 Å². The van der Waals surface area contributed by atoms with Crippen molar-refractivity contribution in [2.45, 2.75) is 103 Å². The predicted octanol–water partition coefficient (Wildman–Crippen LogP) is 12.9. The van der Waals surface area contributed by atoms with Crippen molar-refractivity contribution in [3.8, 4) is 23.7 Å². The fourth-order valence-corrected chi connectivity index (χ4v) is 7.33. The Balaban J connectivity index is 0.000000499. The predicted molar refractivity (Wildman–Crippen MR) is 203 cm³/mol. The average Bonchev–Trinajstić information content (AvgIpc) is 3.86. The third-order valence-corrected chi connectivity index (χ3v) is 10.5. The van der Waals surface area contributed by atoms with Crippen molar-refractivity contribution in [1.82, 2.24) is 0 Å². The van der Waals surface area contributed by atoms with Crippen LogP contribution in [-0.4, -0.2) is 0 Å². The Morgan fingerprint density at radius 3 is 1.23 bits per heavy atom. The lowest BCUT2D eigenvalue weighted by Crippen LogP contribution is -1.91. The van der Waals surface area contributed by atoms with Crippen LogP contribution in [0.3, 0.4) is 0 Å². The van der Waals surface area contributed by atoms with Crippen LogP contribution < -0.4 is 0 Å². The normalized spacial score (nSPS) is 15.4. The van der Waals surface area contributed by atoms with Gasteiger partial charge >= 0.3 is 0 Å². The van der Waals surface area contributed by atoms with Gasteiger partial charge in [0, 0.05) is 22.3 Å². The number of hydrogen-bond donors (Lipinski definition) is 0. The quantitative estimate of drug-likeness (QED) is 0.136. The first-order chi connectivity index (χ1) is 23.1. The zero-order valence-corrected chi connectivity index (χ0v) is 28.7. The summed E-state index contributed by atoms with van der Waals surface area (Å²) in [4.78, 5) is 0. The van der Waals surface area contributed by atoms with Gasteiger partial charge in [0.1, 0.15) is 0 Å². The minimum Gasteiger partial charge on any atom is -0.0654 e. The zero-order valence-electron chi connectivity index (χ0n) is 28.7. The summed E-state index contributed by atoms with van der Waals surface area (Å²) in [6.07, 6.45) is 14.9. The smallest absolute Gasteiger partial charge is 0.0255 e. The second-order valence-corrected chi connectivity index (χ2v) is 14.0. The second kappa shape index (κ2) is 16.0. The van der Waals surface area contributed by atoms with Crippen LogP contribution in [0.15, 0.2) is 97.1 Å². The van der Waals surface area contributed by atoms with Crippen LogP contribution >= 0.6 is 0 Å². The van der Waals surface area contributed by atoms with Crippen molar-refractivity contribution >= 4 is 21.5 Å². The molecule has 2 aliphatic carbocycles. The van der Waals surface area contributed by atoms with Crippen LogP contribution in [0, 0.1) is 29.6 Å². The van der Waals surface area contributed by atoms with Crippen molar-refractivity contribution in [2.24, 2.45) is 5.92 Å². The fourth-order valence-electron chi connectivity index (χ4n) is 7.33. The molecule has 0 N–H and O–H groups in total. The Hall–Kier alpha value is -4.26. The van der Waals surface area contributed by atoms with Crippen LogP contribution in [0.2, 0.25) is 0 Å². The van der Waals surface area contributed by atoms with E-state index in [2.05, 4.69) is 142 Å². The van der Waals surface area contributed by atoms with Gasteiger partial charge < -0.3 is 0 Å². The fraction of sp³-hybridized carbons (Fsp3) is 0.362. The zero-order chi connectivity index (χ0) is 32.4. The van der Waals surface area contributed by atoms with E-state index in [1.165, 1.54) is 103 Å². The first-order valence-corrected chi connectivity index (χ1v) is 18.3. The summed E-state index contributed by atoms with van der Waals surface area (Å²) in [7, 11) is 0. The number of hydrogen-bond acceptors (Lipinski definition) is 0. The molecule has 0 heterocycles. The largest absolute Gasteiger partial charge is 0.0654 e. The summed E-state index contributed by atoms with van der Waals surface area (Å²) in [5.41, 5.74) is 7.21. The number of benzene rings is 5. The Kier molecular flexibility index (Phi) is 11.1. The van der Waals surface area contributed by atoms with Gasteiger partial charge in [-0.25, -0.2) is 0 Å². The molecule has 0 bridgehead atoms. The lowest BCUT2D eigenvalue weighted by atomic mass is 9.96. The van der Waals surface area contributed by atoms with Crippen molar-refractivity contribution < 1.29 is 0 Å². The van der Waals surface area contributed by atoms with Crippen LogP contribution in [0.1, 0.15) is 137 Å². The molecule has 238 valence electrons. The highest BCUT2D eigenvalue weighted by molar-refractivity contribution is 5.99. The van der Waals surface area contributed by atoms with Gasteiger partial charge in [0.25, 0.3) is 0 Å². The minimum absolute atomic E-state index is 0.749. The maximum absolute atomic E-state index is 3.38. The highest BCUT2D eigenvalue weighted by atomic mass is 14.2. The molecule has 0 saturated heterocycles. The summed E-state index contributed by atoms with van der Waals surface area (Å²) in [6, 6.07) is 35.4. The van der Waals surface area contributed by atoms with Gasteiger partial charge in [-0.3, -0.25) is 0 Å². The van der Waals surface area contributed by atoms with Crippen LogP contribution in [-0.2, 0) is 0 Å². The van der Waals surface area contributed by atoms with Crippen molar-refractivity contribution in [2.75, 3.05) is 0 Å². The molecule has 5 aromatic rings. The topological polar surface area (TPSA) is 0 Å². The average molecular weight is 615 g/mol. The summed E-state index contributed by atoms with van der Waals surface area (Å²) >= 11 is 0. The van der Waals surface area contributed by atoms with E-state index in [9.17, 15) is 0 Å². The summed E-state index contributed by atoms with van der Waals surface area (Å²) in [5, 5.41) is 4.90. The van der Waals surface area contributed by atoms with Gasteiger partial charge in [0.2, 0.25) is 0 Å². The molecule has 1 atom stereocenters. The van der Waals surface area contributed by atoms with E-state index < -0.39 is 0 Å². The molecule has 47 heavy (non-hydrogen) atoms. The van der Waals surface area contributed by atoms with E-state index in [0.717, 1.165) is 40.0 Å². The molecule has 5 aromatic carbocycles. The lowest BCUT2D eigenvalue weighted by molar-refractivity contribution is 0.509. The Morgan fingerprint density at radius 1 is 0.489 bits per heavy atom. The molecular formula is C47H50. The van der Waals surface area contributed by atoms with Crippen LogP contribution in [0.25, 0.3) is 21.5 Å². The van der Waals surface area contributed by atoms with Gasteiger partial charge in [-0.1, -0.05) is 126 Å². The highest BCUT2D eigenvalue weighted by Crippen LogP contribution is 2.35. The molecule has 2 fully saturated rings. The Bertz CT molecular complexity index is 1750. The SMILES string of the molecule is C(#Cc1ccc2cc3cc(C#Cc4ccc(C5CCCC5)cc4)ccc3cc2c1)c1ccc(C2CCCC2)cc1.CCCC(C)CC. The first-order valence-electron chi connectivity index (χ1n) is 18.3.